The van der Waals surface area contributed by atoms with Crippen molar-refractivity contribution in [2.45, 2.75) is 12.7 Å². The first-order valence-corrected chi connectivity index (χ1v) is 8.88. The molecule has 31 heavy (non-hydrogen) atoms. The van der Waals surface area contributed by atoms with Gasteiger partial charge in [0.05, 0.1) is 35.2 Å². The number of aromatic nitrogens is 4. The van der Waals surface area contributed by atoms with Crippen LogP contribution in [0.5, 0.6) is 0 Å². The molecule has 1 amide bonds. The van der Waals surface area contributed by atoms with Crippen LogP contribution in [-0.2, 0) is 12.7 Å². The molecule has 7 nitrogen and oxygen atoms in total. The first kappa shape index (κ1) is 20.3. The van der Waals surface area contributed by atoms with Gasteiger partial charge in [-0.15, -0.1) is 0 Å². The SMILES string of the molecule is O=C(Nc1cnn(Cc2ncccc2C(F)(F)F)c1)c1cc(-c2ccccc2F)on1. The fraction of sp³-hybridized carbons (Fsp3) is 0.100. The Hall–Kier alpha value is -4.02. The average Bonchev–Trinajstić information content (AvgIpc) is 3.38. The van der Waals surface area contributed by atoms with E-state index < -0.39 is 23.5 Å². The van der Waals surface area contributed by atoms with Gasteiger partial charge in [0.25, 0.3) is 5.91 Å². The van der Waals surface area contributed by atoms with Crippen LogP contribution in [-0.4, -0.2) is 25.8 Å². The maximum atomic E-state index is 13.8. The van der Waals surface area contributed by atoms with E-state index in [0.29, 0.717) is 0 Å². The van der Waals surface area contributed by atoms with E-state index in [0.717, 1.165) is 6.07 Å². The summed E-state index contributed by atoms with van der Waals surface area (Å²) in [6.07, 6.45) is -0.665. The molecule has 0 fully saturated rings. The summed E-state index contributed by atoms with van der Waals surface area (Å²) in [5.41, 5.74) is -0.793. The molecule has 4 rings (SSSR count). The molecule has 0 saturated heterocycles. The standard InChI is InChI=1S/C20H13F4N5O2/c21-15-6-2-1-4-13(15)18-8-16(28-31-18)19(30)27-12-9-26-29(10-12)11-17-14(20(22,23)24)5-3-7-25-17/h1-10H,11H2,(H,27,30). The van der Waals surface area contributed by atoms with Gasteiger partial charge < -0.3 is 9.84 Å². The molecule has 11 heteroatoms. The Morgan fingerprint density at radius 2 is 1.97 bits per heavy atom. The molecule has 1 aromatic carbocycles. The zero-order valence-electron chi connectivity index (χ0n) is 15.6. The number of anilines is 1. The molecule has 158 valence electrons. The van der Waals surface area contributed by atoms with Crippen LogP contribution < -0.4 is 5.32 Å². The molecule has 3 heterocycles. The van der Waals surface area contributed by atoms with Gasteiger partial charge in [-0.05, 0) is 24.3 Å². The number of pyridine rings is 1. The van der Waals surface area contributed by atoms with Crippen LogP contribution in [0.3, 0.4) is 0 Å². The number of halogens is 4. The van der Waals surface area contributed by atoms with Crippen molar-refractivity contribution >= 4 is 11.6 Å². The topological polar surface area (TPSA) is 85.8 Å². The maximum Gasteiger partial charge on any atom is 0.418 e. The molecule has 3 aromatic heterocycles. The van der Waals surface area contributed by atoms with Gasteiger partial charge in [0.15, 0.2) is 11.5 Å². The van der Waals surface area contributed by atoms with Crippen molar-refractivity contribution in [2.24, 2.45) is 0 Å². The van der Waals surface area contributed by atoms with Crippen molar-refractivity contribution in [1.82, 2.24) is 19.9 Å². The molecule has 0 atom stereocenters. The molecular weight excluding hydrogens is 418 g/mol. The third kappa shape index (κ3) is 4.44. The summed E-state index contributed by atoms with van der Waals surface area (Å²) in [5.74, 6) is -1.10. The molecule has 0 saturated carbocycles. The van der Waals surface area contributed by atoms with Crippen LogP contribution in [0.15, 0.2) is 65.6 Å². The van der Waals surface area contributed by atoms with Crippen molar-refractivity contribution in [1.29, 1.82) is 0 Å². The van der Waals surface area contributed by atoms with Gasteiger partial charge in [-0.25, -0.2) is 4.39 Å². The Morgan fingerprint density at radius 3 is 2.74 bits per heavy atom. The third-order valence-corrected chi connectivity index (χ3v) is 4.28. The largest absolute Gasteiger partial charge is 0.418 e. The highest BCUT2D eigenvalue weighted by Gasteiger charge is 2.33. The minimum Gasteiger partial charge on any atom is -0.355 e. The van der Waals surface area contributed by atoms with Crippen molar-refractivity contribution in [3.8, 4) is 11.3 Å². The van der Waals surface area contributed by atoms with E-state index in [4.69, 9.17) is 4.52 Å². The molecule has 0 aliphatic carbocycles. The van der Waals surface area contributed by atoms with Crippen LogP contribution in [0, 0.1) is 5.82 Å². The number of rotatable bonds is 5. The van der Waals surface area contributed by atoms with Crippen molar-refractivity contribution in [3.05, 3.63) is 83.8 Å². The Kier molecular flexibility index (Phi) is 5.24. The Morgan fingerprint density at radius 1 is 1.16 bits per heavy atom. The molecule has 0 unspecified atom stereocenters. The summed E-state index contributed by atoms with van der Waals surface area (Å²) in [6, 6.07) is 9.28. The molecule has 4 aromatic rings. The lowest BCUT2D eigenvalue weighted by atomic mass is 10.1. The van der Waals surface area contributed by atoms with Crippen LogP contribution in [0.2, 0.25) is 0 Å². The Labute approximate surface area is 172 Å². The number of amides is 1. The fourth-order valence-corrected chi connectivity index (χ4v) is 2.86. The number of nitrogens with one attached hydrogen (secondary N) is 1. The lowest BCUT2D eigenvalue weighted by Gasteiger charge is -2.11. The maximum absolute atomic E-state index is 13.8. The van der Waals surface area contributed by atoms with Crippen LogP contribution in [0.4, 0.5) is 23.2 Å². The highest BCUT2D eigenvalue weighted by Crippen LogP contribution is 2.31. The monoisotopic (exact) mass is 431 g/mol. The third-order valence-electron chi connectivity index (χ3n) is 4.28. The van der Waals surface area contributed by atoms with Crippen molar-refractivity contribution in [2.75, 3.05) is 5.32 Å². The predicted octanol–water partition coefficient (Wildman–Crippen LogP) is 4.39. The summed E-state index contributed by atoms with van der Waals surface area (Å²) in [5, 5.41) is 10.1. The number of nitrogens with zero attached hydrogens (tertiary/aromatic N) is 4. The highest BCUT2D eigenvalue weighted by molar-refractivity contribution is 6.03. The van der Waals surface area contributed by atoms with Crippen molar-refractivity contribution < 1.29 is 26.9 Å². The van der Waals surface area contributed by atoms with Crippen LogP contribution in [0.1, 0.15) is 21.7 Å². The first-order chi connectivity index (χ1) is 14.8. The van der Waals surface area contributed by atoms with Gasteiger partial charge in [-0.3, -0.25) is 14.5 Å². The minimum atomic E-state index is -4.54. The molecule has 0 aliphatic heterocycles. The van der Waals surface area contributed by atoms with E-state index >= 15 is 0 Å². The second kappa shape index (κ2) is 8.01. The molecule has 0 aliphatic rings. The van der Waals surface area contributed by atoms with Gasteiger partial charge >= 0.3 is 6.18 Å². The van der Waals surface area contributed by atoms with E-state index in [1.807, 2.05) is 0 Å². The zero-order chi connectivity index (χ0) is 22.0. The van der Waals surface area contributed by atoms with Crippen LogP contribution >= 0.6 is 0 Å². The van der Waals surface area contributed by atoms with E-state index in [1.54, 1.807) is 6.07 Å². The fourth-order valence-electron chi connectivity index (χ4n) is 2.86. The first-order valence-electron chi connectivity index (χ1n) is 8.88. The van der Waals surface area contributed by atoms with E-state index in [1.165, 1.54) is 53.6 Å². The predicted molar refractivity (Wildman–Crippen MR) is 100 cm³/mol. The minimum absolute atomic E-state index is 0.0776. The second-order valence-corrected chi connectivity index (χ2v) is 6.43. The number of carbonyl (C=O) groups is 1. The Balaban J connectivity index is 1.47. The van der Waals surface area contributed by atoms with Gasteiger partial charge in [0, 0.05) is 18.5 Å². The number of benzene rings is 1. The summed E-state index contributed by atoms with van der Waals surface area (Å²) in [7, 11) is 0. The summed E-state index contributed by atoms with van der Waals surface area (Å²) < 4.78 is 59.4. The molecular formula is C20H13F4N5O2. The average molecular weight is 431 g/mol. The lowest BCUT2D eigenvalue weighted by Crippen LogP contribution is -2.14. The number of hydrogen-bond donors (Lipinski definition) is 1. The van der Waals surface area contributed by atoms with Gasteiger partial charge in [0.1, 0.15) is 5.82 Å². The molecule has 1 N–H and O–H groups in total. The van der Waals surface area contributed by atoms with E-state index in [9.17, 15) is 22.4 Å². The summed E-state index contributed by atoms with van der Waals surface area (Å²) in [4.78, 5) is 16.1. The molecule has 0 bridgehead atoms. The van der Waals surface area contributed by atoms with Gasteiger partial charge in [0.2, 0.25) is 0 Å². The number of carbonyl (C=O) groups excluding carboxylic acids is 1. The van der Waals surface area contributed by atoms with Gasteiger partial charge in [-0.1, -0.05) is 17.3 Å². The summed E-state index contributed by atoms with van der Waals surface area (Å²) in [6.45, 7) is -0.243. The Bertz CT molecular complexity index is 1230. The number of alkyl halides is 3. The second-order valence-electron chi connectivity index (χ2n) is 6.43. The summed E-state index contributed by atoms with van der Waals surface area (Å²) >= 11 is 0. The normalized spacial score (nSPS) is 11.5. The van der Waals surface area contributed by atoms with E-state index in [-0.39, 0.29) is 34.9 Å². The highest BCUT2D eigenvalue weighted by atomic mass is 19.4. The van der Waals surface area contributed by atoms with Gasteiger partial charge in [-0.2, -0.15) is 18.3 Å². The quantitative estimate of drug-likeness (QED) is 0.474. The number of hydrogen-bond acceptors (Lipinski definition) is 5. The zero-order valence-corrected chi connectivity index (χ0v) is 15.6. The van der Waals surface area contributed by atoms with Crippen LogP contribution in [0.25, 0.3) is 11.3 Å². The smallest absolute Gasteiger partial charge is 0.355 e. The lowest BCUT2D eigenvalue weighted by molar-refractivity contribution is -0.138. The van der Waals surface area contributed by atoms with E-state index in [2.05, 4.69) is 20.6 Å². The molecule has 0 spiro atoms. The molecule has 0 radical (unpaired) electrons. The van der Waals surface area contributed by atoms with Crippen molar-refractivity contribution in [3.63, 3.8) is 0 Å².